The first-order valence-corrected chi connectivity index (χ1v) is 11.0. The van der Waals surface area contributed by atoms with Crippen LogP contribution in [0.3, 0.4) is 0 Å². The third kappa shape index (κ3) is 3.94. The molecule has 0 bridgehead atoms. The van der Waals surface area contributed by atoms with Gasteiger partial charge in [-0.3, -0.25) is 9.59 Å². The second-order valence-corrected chi connectivity index (χ2v) is 8.40. The van der Waals surface area contributed by atoms with Gasteiger partial charge >= 0.3 is 5.97 Å². The Bertz CT molecular complexity index is 735. The molecule has 6 heteroatoms. The van der Waals surface area contributed by atoms with Crippen LogP contribution in [0.5, 0.6) is 11.5 Å². The fourth-order valence-corrected chi connectivity index (χ4v) is 5.18. The predicted octanol–water partition coefficient (Wildman–Crippen LogP) is 3.58. The molecule has 4 rings (SSSR count). The number of hydrogen-bond acceptors (Lipinski definition) is 5. The Morgan fingerprint density at radius 2 is 1.79 bits per heavy atom. The molecule has 0 N–H and O–H groups in total. The van der Waals surface area contributed by atoms with E-state index in [2.05, 4.69) is 0 Å². The molecule has 0 radical (unpaired) electrons. The number of piperidine rings is 1. The molecule has 6 nitrogen and oxygen atoms in total. The van der Waals surface area contributed by atoms with Crippen LogP contribution in [0, 0.1) is 11.3 Å². The van der Waals surface area contributed by atoms with Crippen LogP contribution >= 0.6 is 0 Å². The highest BCUT2D eigenvalue weighted by molar-refractivity contribution is 5.83. The summed E-state index contributed by atoms with van der Waals surface area (Å²) < 4.78 is 17.1. The van der Waals surface area contributed by atoms with Crippen molar-refractivity contribution in [1.82, 2.24) is 4.90 Å². The zero-order valence-corrected chi connectivity index (χ0v) is 17.2. The highest BCUT2D eigenvalue weighted by Gasteiger charge is 2.49. The number of rotatable bonds is 4. The number of nitrogens with zero attached hydrogens (tertiary/aromatic N) is 1. The smallest absolute Gasteiger partial charge is 0.312 e. The average Bonchev–Trinajstić information content (AvgIpc) is 2.79. The average molecular weight is 402 g/mol. The minimum atomic E-state index is -0.630. The normalized spacial score (nSPS) is 24.0. The Morgan fingerprint density at radius 1 is 1.10 bits per heavy atom. The molecule has 1 amide bonds. The zero-order chi connectivity index (χ0) is 20.3. The molecule has 158 valence electrons. The summed E-state index contributed by atoms with van der Waals surface area (Å²) in [5, 5.41) is 0. The lowest BCUT2D eigenvalue weighted by Gasteiger charge is -2.46. The number of carbonyl (C=O) groups excluding carboxylic acids is 2. The number of ether oxygens (including phenoxy) is 3. The van der Waals surface area contributed by atoms with E-state index in [-0.39, 0.29) is 18.5 Å². The molecule has 3 aliphatic rings. The number of para-hydroxylation sites is 2. The van der Waals surface area contributed by atoms with Crippen LogP contribution in [-0.2, 0) is 14.3 Å². The lowest BCUT2D eigenvalue weighted by Crippen LogP contribution is -2.54. The maximum Gasteiger partial charge on any atom is 0.312 e. The number of likely N-dealkylation sites (tertiary alicyclic amines) is 1. The lowest BCUT2D eigenvalue weighted by molar-refractivity contribution is -0.167. The molecule has 0 aromatic heterocycles. The van der Waals surface area contributed by atoms with Crippen molar-refractivity contribution < 1.29 is 23.8 Å². The van der Waals surface area contributed by atoms with Crippen LogP contribution in [0.15, 0.2) is 24.3 Å². The summed E-state index contributed by atoms with van der Waals surface area (Å²) in [6.45, 7) is 3.62. The van der Waals surface area contributed by atoms with E-state index in [0.29, 0.717) is 50.0 Å². The maximum absolute atomic E-state index is 13.1. The fraction of sp³-hybridized carbons (Fsp3) is 0.652. The van der Waals surface area contributed by atoms with Gasteiger partial charge in [-0.05, 0) is 50.7 Å². The van der Waals surface area contributed by atoms with Crippen LogP contribution in [0.25, 0.3) is 0 Å². The molecule has 1 saturated carbocycles. The van der Waals surface area contributed by atoms with Crippen LogP contribution in [0.2, 0.25) is 0 Å². The first-order valence-electron chi connectivity index (χ1n) is 11.0. The van der Waals surface area contributed by atoms with E-state index in [1.165, 1.54) is 19.3 Å². The van der Waals surface area contributed by atoms with Crippen molar-refractivity contribution in [3.8, 4) is 11.5 Å². The van der Waals surface area contributed by atoms with Crippen molar-refractivity contribution >= 4 is 11.9 Å². The number of fused-ring (bicyclic) bond motifs is 1. The highest BCUT2D eigenvalue weighted by Crippen LogP contribution is 2.47. The predicted molar refractivity (Wildman–Crippen MR) is 108 cm³/mol. The summed E-state index contributed by atoms with van der Waals surface area (Å²) in [4.78, 5) is 27.9. The van der Waals surface area contributed by atoms with Gasteiger partial charge in [-0.25, -0.2) is 0 Å². The van der Waals surface area contributed by atoms with Crippen molar-refractivity contribution in [3.05, 3.63) is 24.3 Å². The summed E-state index contributed by atoms with van der Waals surface area (Å²) in [6, 6.07) is 7.41. The Hall–Kier alpha value is -2.24. The third-order valence-corrected chi connectivity index (χ3v) is 6.82. The quantitative estimate of drug-likeness (QED) is 0.722. The first-order chi connectivity index (χ1) is 14.1. The van der Waals surface area contributed by atoms with Crippen molar-refractivity contribution in [3.63, 3.8) is 0 Å². The van der Waals surface area contributed by atoms with E-state index in [1.807, 2.05) is 36.1 Å². The monoisotopic (exact) mass is 401 g/mol. The van der Waals surface area contributed by atoms with Gasteiger partial charge in [0, 0.05) is 13.1 Å². The summed E-state index contributed by atoms with van der Waals surface area (Å²) >= 11 is 0. The Kier molecular flexibility index (Phi) is 5.97. The van der Waals surface area contributed by atoms with Crippen LogP contribution in [-0.4, -0.2) is 49.2 Å². The standard InChI is InChI=1S/C23H31NO5/c1-2-27-22(26)23(17-8-4-3-5-9-17)12-14-24(15-13-23)21(25)20-16-28-18-10-6-7-11-19(18)29-20/h6-7,10-11,17,20H,2-5,8-9,12-16H2,1H3. The summed E-state index contributed by atoms with van der Waals surface area (Å²) in [5.74, 6) is 1.53. The van der Waals surface area contributed by atoms with Gasteiger partial charge in [-0.2, -0.15) is 0 Å². The minimum absolute atomic E-state index is 0.0550. The maximum atomic E-state index is 13.1. The lowest BCUT2D eigenvalue weighted by atomic mass is 9.63. The molecule has 1 aliphatic carbocycles. The van der Waals surface area contributed by atoms with Gasteiger partial charge in [-0.15, -0.1) is 0 Å². The first kappa shape index (κ1) is 20.0. The van der Waals surface area contributed by atoms with E-state index in [4.69, 9.17) is 14.2 Å². The number of amides is 1. The van der Waals surface area contributed by atoms with Crippen LogP contribution in [0.4, 0.5) is 0 Å². The number of esters is 1. The topological polar surface area (TPSA) is 65.1 Å². The Morgan fingerprint density at radius 3 is 2.48 bits per heavy atom. The van der Waals surface area contributed by atoms with E-state index in [9.17, 15) is 9.59 Å². The van der Waals surface area contributed by atoms with E-state index in [1.54, 1.807) is 0 Å². The number of benzene rings is 1. The van der Waals surface area contributed by atoms with Gasteiger partial charge in [0.15, 0.2) is 11.5 Å². The van der Waals surface area contributed by atoms with Gasteiger partial charge in [0.2, 0.25) is 6.10 Å². The van der Waals surface area contributed by atoms with Gasteiger partial charge < -0.3 is 19.1 Å². The Balaban J connectivity index is 1.42. The molecule has 1 unspecified atom stereocenters. The largest absolute Gasteiger partial charge is 0.485 e. The summed E-state index contributed by atoms with van der Waals surface area (Å²) in [5.41, 5.74) is -0.441. The van der Waals surface area contributed by atoms with Crippen molar-refractivity contribution in [1.29, 1.82) is 0 Å². The van der Waals surface area contributed by atoms with E-state index >= 15 is 0 Å². The SMILES string of the molecule is CCOC(=O)C1(C2CCCCC2)CCN(C(=O)C2COc3ccccc3O2)CC1. The van der Waals surface area contributed by atoms with Gasteiger partial charge in [0.25, 0.3) is 5.91 Å². The van der Waals surface area contributed by atoms with Gasteiger partial charge in [0.1, 0.15) is 6.61 Å². The summed E-state index contributed by atoms with van der Waals surface area (Å²) in [6.07, 6.45) is 6.50. The summed E-state index contributed by atoms with van der Waals surface area (Å²) in [7, 11) is 0. The molecular formula is C23H31NO5. The second kappa shape index (κ2) is 8.64. The molecule has 1 aromatic rings. The van der Waals surface area contributed by atoms with E-state index < -0.39 is 11.5 Å². The third-order valence-electron chi connectivity index (χ3n) is 6.82. The molecule has 0 spiro atoms. The Labute approximate surface area is 172 Å². The van der Waals surface area contributed by atoms with Crippen LogP contribution in [0.1, 0.15) is 51.9 Å². The number of carbonyl (C=O) groups is 2. The molecule has 1 atom stereocenters. The fourth-order valence-electron chi connectivity index (χ4n) is 5.18. The molecule has 29 heavy (non-hydrogen) atoms. The van der Waals surface area contributed by atoms with Crippen molar-refractivity contribution in [2.45, 2.75) is 58.0 Å². The highest BCUT2D eigenvalue weighted by atomic mass is 16.6. The molecule has 1 aromatic carbocycles. The molecule has 2 fully saturated rings. The van der Waals surface area contributed by atoms with Crippen molar-refractivity contribution in [2.24, 2.45) is 11.3 Å². The van der Waals surface area contributed by atoms with Gasteiger partial charge in [0.05, 0.1) is 12.0 Å². The van der Waals surface area contributed by atoms with Gasteiger partial charge in [-0.1, -0.05) is 31.4 Å². The van der Waals surface area contributed by atoms with Crippen LogP contribution < -0.4 is 9.47 Å². The molecule has 2 heterocycles. The molecule has 1 saturated heterocycles. The molecule has 2 aliphatic heterocycles. The second-order valence-electron chi connectivity index (χ2n) is 8.40. The number of hydrogen-bond donors (Lipinski definition) is 0. The minimum Gasteiger partial charge on any atom is -0.485 e. The van der Waals surface area contributed by atoms with E-state index in [0.717, 1.165) is 12.8 Å². The zero-order valence-electron chi connectivity index (χ0n) is 17.2. The molecular weight excluding hydrogens is 370 g/mol. The van der Waals surface area contributed by atoms with Crippen molar-refractivity contribution in [2.75, 3.05) is 26.3 Å².